The molecule has 3 aliphatic rings. The van der Waals surface area contributed by atoms with E-state index in [-0.39, 0.29) is 24.4 Å². The van der Waals surface area contributed by atoms with Crippen molar-refractivity contribution in [3.63, 3.8) is 0 Å². The molecule has 1 aromatic rings. The molecule has 0 spiro atoms. The van der Waals surface area contributed by atoms with E-state index in [1.165, 1.54) is 0 Å². The van der Waals surface area contributed by atoms with Crippen molar-refractivity contribution >= 4 is 30.1 Å². The number of nitrogens with zero attached hydrogens (tertiary/aromatic N) is 1. The molecule has 25 heavy (non-hydrogen) atoms. The molecule has 138 valence electrons. The Kier molecular flexibility index (Phi) is 6.36. The van der Waals surface area contributed by atoms with Gasteiger partial charge in [-0.3, -0.25) is 4.79 Å². The summed E-state index contributed by atoms with van der Waals surface area (Å²) in [5.74, 6) is 4.07. The van der Waals surface area contributed by atoms with E-state index >= 15 is 0 Å². The molecule has 2 atom stereocenters. The molecule has 5 nitrogen and oxygen atoms in total. The maximum atomic E-state index is 12.8. The molecule has 1 aromatic carbocycles. The van der Waals surface area contributed by atoms with Crippen LogP contribution in [0, 0.1) is 0 Å². The van der Waals surface area contributed by atoms with Crippen LogP contribution in [0.4, 0.5) is 0 Å². The van der Waals surface area contributed by atoms with Gasteiger partial charge in [0.1, 0.15) is 13.2 Å². The molecule has 1 amide bonds. The lowest BCUT2D eigenvalue weighted by molar-refractivity contribution is -0.132. The Balaban J connectivity index is 0.00000182. The summed E-state index contributed by atoms with van der Waals surface area (Å²) in [5, 5.41) is 3.46. The fraction of sp³-hybridized carbons (Fsp3) is 0.611. The van der Waals surface area contributed by atoms with Gasteiger partial charge >= 0.3 is 0 Å². The largest absolute Gasteiger partial charge is 0.486 e. The number of fused-ring (bicyclic) bond motifs is 1. The Morgan fingerprint density at radius 2 is 2.12 bits per heavy atom. The molecule has 2 fully saturated rings. The van der Waals surface area contributed by atoms with Gasteiger partial charge in [0.2, 0.25) is 5.91 Å². The van der Waals surface area contributed by atoms with Crippen molar-refractivity contribution in [2.45, 2.75) is 31.3 Å². The van der Waals surface area contributed by atoms with Gasteiger partial charge < -0.3 is 19.7 Å². The first-order valence-corrected chi connectivity index (χ1v) is 9.97. The second kappa shape index (κ2) is 8.52. The SMILES string of the molecule is Cl.O=C(CC1CSCCN1)N1CCCC1c1ccc2c(c1)OCCO2. The van der Waals surface area contributed by atoms with Crippen molar-refractivity contribution < 1.29 is 14.3 Å². The number of hydrogen-bond donors (Lipinski definition) is 1. The molecule has 0 saturated carbocycles. The van der Waals surface area contributed by atoms with Gasteiger partial charge in [0, 0.05) is 37.1 Å². The van der Waals surface area contributed by atoms with E-state index in [2.05, 4.69) is 22.3 Å². The zero-order valence-electron chi connectivity index (χ0n) is 14.2. The maximum absolute atomic E-state index is 12.8. The molecule has 0 aromatic heterocycles. The van der Waals surface area contributed by atoms with Crippen LogP contribution in [0.5, 0.6) is 11.5 Å². The highest BCUT2D eigenvalue weighted by Crippen LogP contribution is 2.38. The van der Waals surface area contributed by atoms with E-state index in [4.69, 9.17) is 9.47 Å². The molecular formula is C18H25ClN2O3S. The van der Waals surface area contributed by atoms with E-state index in [9.17, 15) is 4.79 Å². The van der Waals surface area contributed by atoms with Crippen molar-refractivity contribution in [1.29, 1.82) is 0 Å². The molecule has 2 saturated heterocycles. The van der Waals surface area contributed by atoms with E-state index in [1.54, 1.807) is 0 Å². The molecule has 4 rings (SSSR count). The first-order valence-electron chi connectivity index (χ1n) is 8.81. The zero-order valence-corrected chi connectivity index (χ0v) is 15.9. The minimum Gasteiger partial charge on any atom is -0.486 e. The maximum Gasteiger partial charge on any atom is 0.224 e. The van der Waals surface area contributed by atoms with Gasteiger partial charge in [-0.15, -0.1) is 12.4 Å². The summed E-state index contributed by atoms with van der Waals surface area (Å²) in [6.07, 6.45) is 2.70. The Bertz CT molecular complexity index is 610. The topological polar surface area (TPSA) is 50.8 Å². The number of likely N-dealkylation sites (tertiary alicyclic amines) is 1. The van der Waals surface area contributed by atoms with Crippen molar-refractivity contribution in [2.24, 2.45) is 0 Å². The van der Waals surface area contributed by atoms with Gasteiger partial charge in [-0.25, -0.2) is 0 Å². The fourth-order valence-electron chi connectivity index (χ4n) is 3.76. The number of carbonyl (C=O) groups excluding carboxylic acids is 1. The van der Waals surface area contributed by atoms with Crippen LogP contribution >= 0.6 is 24.2 Å². The molecule has 0 radical (unpaired) electrons. The van der Waals surface area contributed by atoms with Crippen LogP contribution in [-0.2, 0) is 4.79 Å². The number of amides is 1. The number of nitrogens with one attached hydrogen (secondary N) is 1. The predicted molar refractivity (Wildman–Crippen MR) is 102 cm³/mol. The quantitative estimate of drug-likeness (QED) is 0.868. The van der Waals surface area contributed by atoms with E-state index in [1.807, 2.05) is 17.8 Å². The number of halogens is 1. The number of rotatable bonds is 3. The normalized spacial score (nSPS) is 25.4. The standard InChI is InChI=1S/C18H24N2O3S.ClH/c21-18(11-14-12-24-9-5-19-14)20-6-1-2-15(20)13-3-4-16-17(10-13)23-8-7-22-16;/h3-4,10,14-15,19H,1-2,5-9,11-12H2;1H. The Hall–Kier alpha value is -1.11. The van der Waals surface area contributed by atoms with Crippen LogP contribution in [0.15, 0.2) is 18.2 Å². The minimum absolute atomic E-state index is 0. The minimum atomic E-state index is 0. The van der Waals surface area contributed by atoms with Gasteiger partial charge in [0.05, 0.1) is 6.04 Å². The van der Waals surface area contributed by atoms with Crippen molar-refractivity contribution in [2.75, 3.05) is 37.8 Å². The lowest BCUT2D eigenvalue weighted by Gasteiger charge is -2.29. The van der Waals surface area contributed by atoms with E-state index < -0.39 is 0 Å². The Morgan fingerprint density at radius 3 is 2.92 bits per heavy atom. The van der Waals surface area contributed by atoms with Crippen molar-refractivity contribution in [3.8, 4) is 11.5 Å². The summed E-state index contributed by atoms with van der Waals surface area (Å²) < 4.78 is 11.3. The molecule has 3 heterocycles. The monoisotopic (exact) mass is 384 g/mol. The summed E-state index contributed by atoms with van der Waals surface area (Å²) in [6, 6.07) is 6.60. The number of benzene rings is 1. The van der Waals surface area contributed by atoms with Gasteiger partial charge in [-0.2, -0.15) is 11.8 Å². The number of carbonyl (C=O) groups is 1. The average molecular weight is 385 g/mol. The molecule has 7 heteroatoms. The van der Waals surface area contributed by atoms with Crippen molar-refractivity contribution in [1.82, 2.24) is 10.2 Å². The molecular weight excluding hydrogens is 360 g/mol. The first kappa shape index (κ1) is 18.7. The average Bonchev–Trinajstić information content (AvgIpc) is 3.12. The molecule has 3 aliphatic heterocycles. The third kappa shape index (κ3) is 4.18. The Morgan fingerprint density at radius 1 is 1.28 bits per heavy atom. The van der Waals surface area contributed by atoms with Crippen LogP contribution in [0.3, 0.4) is 0 Å². The highest BCUT2D eigenvalue weighted by Gasteiger charge is 2.32. The molecule has 0 aliphatic carbocycles. The van der Waals surface area contributed by atoms with Gasteiger partial charge in [0.25, 0.3) is 0 Å². The third-order valence-corrected chi connectivity index (χ3v) is 6.07. The Labute approximate surface area is 159 Å². The van der Waals surface area contributed by atoms with Gasteiger partial charge in [-0.05, 0) is 30.5 Å². The summed E-state index contributed by atoms with van der Waals surface area (Å²) in [6.45, 7) is 3.06. The predicted octanol–water partition coefficient (Wildman–Crippen LogP) is 2.64. The van der Waals surface area contributed by atoms with Crippen LogP contribution < -0.4 is 14.8 Å². The summed E-state index contributed by atoms with van der Waals surface area (Å²) in [5.41, 5.74) is 1.16. The summed E-state index contributed by atoms with van der Waals surface area (Å²) in [7, 11) is 0. The van der Waals surface area contributed by atoms with Gasteiger partial charge in [0.15, 0.2) is 11.5 Å². The third-order valence-electron chi connectivity index (χ3n) is 4.94. The number of hydrogen-bond acceptors (Lipinski definition) is 5. The fourth-order valence-corrected chi connectivity index (χ4v) is 4.71. The molecule has 2 unspecified atom stereocenters. The van der Waals surface area contributed by atoms with Gasteiger partial charge in [-0.1, -0.05) is 6.07 Å². The van der Waals surface area contributed by atoms with E-state index in [0.29, 0.717) is 25.7 Å². The van der Waals surface area contributed by atoms with Crippen molar-refractivity contribution in [3.05, 3.63) is 23.8 Å². The van der Waals surface area contributed by atoms with Crippen LogP contribution in [0.1, 0.15) is 30.9 Å². The lowest BCUT2D eigenvalue weighted by Crippen LogP contribution is -2.42. The van der Waals surface area contributed by atoms with E-state index in [0.717, 1.165) is 54.5 Å². The number of ether oxygens (including phenoxy) is 2. The second-order valence-corrected chi connectivity index (χ2v) is 7.73. The molecule has 1 N–H and O–H groups in total. The van der Waals surface area contributed by atoms with Crippen LogP contribution in [0.25, 0.3) is 0 Å². The first-order chi connectivity index (χ1) is 11.8. The summed E-state index contributed by atoms with van der Waals surface area (Å²) >= 11 is 1.94. The highest BCUT2D eigenvalue weighted by atomic mass is 35.5. The smallest absolute Gasteiger partial charge is 0.224 e. The number of thioether (sulfide) groups is 1. The lowest BCUT2D eigenvalue weighted by atomic mass is 10.0. The van der Waals surface area contributed by atoms with Crippen LogP contribution in [-0.4, -0.2) is 54.7 Å². The summed E-state index contributed by atoms with van der Waals surface area (Å²) in [4.78, 5) is 14.9. The zero-order chi connectivity index (χ0) is 16.4. The highest BCUT2D eigenvalue weighted by molar-refractivity contribution is 7.99. The second-order valence-electron chi connectivity index (χ2n) is 6.58. The van der Waals surface area contributed by atoms with Crippen LogP contribution in [0.2, 0.25) is 0 Å². The molecule has 0 bridgehead atoms.